The lowest BCUT2D eigenvalue weighted by Gasteiger charge is -2.44. The molecule has 2 heterocycles. The Bertz CT molecular complexity index is 989. The van der Waals surface area contributed by atoms with Gasteiger partial charge < -0.3 is 4.90 Å². The smallest absolute Gasteiger partial charge is 0.261 e. The average Bonchev–Trinajstić information content (AvgIpc) is 2.70. The molecule has 1 saturated heterocycles. The highest BCUT2D eigenvalue weighted by molar-refractivity contribution is 6.31. The van der Waals surface area contributed by atoms with Gasteiger partial charge in [0.25, 0.3) is 5.56 Å². The van der Waals surface area contributed by atoms with Crippen molar-refractivity contribution in [2.75, 3.05) is 25.5 Å². The summed E-state index contributed by atoms with van der Waals surface area (Å²) in [6.45, 7) is 9.91. The molecule has 6 nitrogen and oxygen atoms in total. The molecular weight excluding hydrogens is 411 g/mol. The molecule has 3 rings (SSSR count). The molecule has 2 aromatic rings. The number of alkyl halides is 1. The summed E-state index contributed by atoms with van der Waals surface area (Å²) in [7, 11) is 1.74. The Labute approximate surface area is 181 Å². The van der Waals surface area contributed by atoms with E-state index < -0.39 is 5.41 Å². The molecule has 0 radical (unpaired) electrons. The minimum atomic E-state index is -0.575. The van der Waals surface area contributed by atoms with Crippen LogP contribution in [0.25, 0.3) is 10.9 Å². The number of hydrogen-bond donors (Lipinski definition) is 0. The van der Waals surface area contributed by atoms with Crippen molar-refractivity contribution in [2.24, 2.45) is 12.5 Å². The number of fused-ring (bicyclic) bond motifs is 1. The topological polar surface area (TPSA) is 58.4 Å². The first-order valence-electron chi connectivity index (χ1n) is 9.84. The van der Waals surface area contributed by atoms with Gasteiger partial charge in [-0.2, -0.15) is 0 Å². The zero-order valence-corrected chi connectivity index (χ0v) is 19.1. The second-order valence-electron chi connectivity index (χ2n) is 8.53. The highest BCUT2D eigenvalue weighted by Gasteiger charge is 2.37. The van der Waals surface area contributed by atoms with E-state index in [1.54, 1.807) is 29.8 Å². The molecule has 1 amide bonds. The number of aromatic nitrogens is 2. The van der Waals surface area contributed by atoms with Gasteiger partial charge in [-0.15, -0.1) is 11.6 Å². The predicted molar refractivity (Wildman–Crippen MR) is 118 cm³/mol. The molecule has 0 bridgehead atoms. The van der Waals surface area contributed by atoms with Crippen LogP contribution in [-0.4, -0.2) is 56.8 Å². The molecule has 158 valence electrons. The first-order valence-corrected chi connectivity index (χ1v) is 10.8. The maximum Gasteiger partial charge on any atom is 0.261 e. The van der Waals surface area contributed by atoms with E-state index in [1.807, 2.05) is 18.7 Å². The Morgan fingerprint density at radius 2 is 2.03 bits per heavy atom. The van der Waals surface area contributed by atoms with Crippen molar-refractivity contribution in [3.63, 3.8) is 0 Å². The number of benzene rings is 1. The maximum absolute atomic E-state index is 12.8. The Balaban J connectivity index is 1.85. The van der Waals surface area contributed by atoms with Crippen molar-refractivity contribution < 1.29 is 4.79 Å². The monoisotopic (exact) mass is 438 g/mol. The summed E-state index contributed by atoms with van der Waals surface area (Å²) in [4.78, 5) is 34.6. The second kappa shape index (κ2) is 8.25. The summed E-state index contributed by atoms with van der Waals surface area (Å²) >= 11 is 12.0. The van der Waals surface area contributed by atoms with Crippen LogP contribution >= 0.6 is 23.2 Å². The van der Waals surface area contributed by atoms with Crippen LogP contribution in [0.1, 0.15) is 39.6 Å². The molecule has 1 aliphatic heterocycles. The highest BCUT2D eigenvalue weighted by atomic mass is 35.5. The third kappa shape index (κ3) is 4.16. The Morgan fingerprint density at radius 3 is 2.66 bits per heavy atom. The summed E-state index contributed by atoms with van der Waals surface area (Å²) < 4.78 is 1.60. The molecule has 1 aliphatic rings. The Kier molecular flexibility index (Phi) is 6.27. The van der Waals surface area contributed by atoms with E-state index in [-0.39, 0.29) is 23.6 Å². The van der Waals surface area contributed by atoms with Crippen LogP contribution in [0.4, 0.5) is 0 Å². The van der Waals surface area contributed by atoms with Crippen molar-refractivity contribution >= 4 is 40.0 Å². The molecule has 1 fully saturated rings. The number of rotatable bonds is 4. The van der Waals surface area contributed by atoms with Crippen molar-refractivity contribution in [3.8, 4) is 0 Å². The van der Waals surface area contributed by atoms with Gasteiger partial charge in [-0.25, -0.2) is 4.98 Å². The highest BCUT2D eigenvalue weighted by Crippen LogP contribution is 2.27. The van der Waals surface area contributed by atoms with Crippen molar-refractivity contribution in [2.45, 2.75) is 39.8 Å². The van der Waals surface area contributed by atoms with Gasteiger partial charge in [-0.1, -0.05) is 11.6 Å². The minimum Gasteiger partial charge on any atom is -0.337 e. The van der Waals surface area contributed by atoms with Gasteiger partial charge in [0, 0.05) is 43.6 Å². The van der Waals surface area contributed by atoms with E-state index >= 15 is 0 Å². The molecule has 8 heteroatoms. The maximum atomic E-state index is 12.8. The molecule has 0 saturated carbocycles. The molecule has 2 unspecified atom stereocenters. The van der Waals surface area contributed by atoms with E-state index in [2.05, 4.69) is 18.7 Å². The van der Waals surface area contributed by atoms with Crippen LogP contribution in [0.3, 0.4) is 0 Å². The van der Waals surface area contributed by atoms with E-state index in [9.17, 15) is 9.59 Å². The van der Waals surface area contributed by atoms with Gasteiger partial charge in [0.1, 0.15) is 5.82 Å². The van der Waals surface area contributed by atoms with E-state index in [4.69, 9.17) is 28.2 Å². The largest absolute Gasteiger partial charge is 0.337 e. The third-order valence-electron chi connectivity index (χ3n) is 5.83. The third-order valence-corrected chi connectivity index (χ3v) is 6.73. The standard InChI is InChI=1S/C21H28Cl2N4O2/c1-13-11-26(8-9-27(13)20(29)21(3,4)12-22)14(2)18-24-17-7-6-15(23)10-16(17)19(28)25(18)5/h6-7,10,13-14H,8-9,11-12H2,1-5H3. The fourth-order valence-corrected chi connectivity index (χ4v) is 4.17. The Hall–Kier alpha value is -1.63. The van der Waals surface area contributed by atoms with Crippen LogP contribution in [0.5, 0.6) is 0 Å². The molecule has 29 heavy (non-hydrogen) atoms. The number of carbonyl (C=O) groups is 1. The lowest BCUT2D eigenvalue weighted by molar-refractivity contribution is -0.144. The average molecular weight is 439 g/mol. The number of hydrogen-bond acceptors (Lipinski definition) is 4. The summed E-state index contributed by atoms with van der Waals surface area (Å²) in [6.07, 6.45) is 0. The van der Waals surface area contributed by atoms with Crippen LogP contribution in [0, 0.1) is 5.41 Å². The quantitative estimate of drug-likeness (QED) is 0.685. The van der Waals surface area contributed by atoms with E-state index in [0.29, 0.717) is 47.3 Å². The molecule has 0 spiro atoms. The van der Waals surface area contributed by atoms with Gasteiger partial charge in [-0.05, 0) is 45.9 Å². The zero-order chi connectivity index (χ0) is 21.5. The van der Waals surface area contributed by atoms with Crippen LogP contribution in [0.2, 0.25) is 5.02 Å². The Morgan fingerprint density at radius 1 is 1.34 bits per heavy atom. The predicted octanol–water partition coefficient (Wildman–Crippen LogP) is 3.45. The molecule has 0 N–H and O–H groups in total. The molecule has 1 aromatic heterocycles. The first kappa shape index (κ1) is 22.1. The number of halogens is 2. The van der Waals surface area contributed by atoms with Gasteiger partial charge in [0.2, 0.25) is 5.91 Å². The SMILES string of the molecule is CC(c1nc2ccc(Cl)cc2c(=O)n1C)N1CCN(C(=O)C(C)(C)CCl)C(C)C1. The van der Waals surface area contributed by atoms with E-state index in [1.165, 1.54) is 0 Å². The lowest BCUT2D eigenvalue weighted by atomic mass is 9.93. The summed E-state index contributed by atoms with van der Waals surface area (Å²) in [5.74, 6) is 1.08. The molecule has 2 atom stereocenters. The summed E-state index contributed by atoms with van der Waals surface area (Å²) in [5.41, 5.74) is -0.0376. The van der Waals surface area contributed by atoms with Gasteiger partial charge in [0.05, 0.1) is 22.4 Å². The molecule has 0 aliphatic carbocycles. The van der Waals surface area contributed by atoms with Crippen molar-refractivity contribution in [1.29, 1.82) is 0 Å². The summed E-state index contributed by atoms with van der Waals surface area (Å²) in [6, 6.07) is 5.18. The van der Waals surface area contributed by atoms with Gasteiger partial charge in [0.15, 0.2) is 0 Å². The number of carbonyl (C=O) groups excluding carboxylic acids is 1. The fraction of sp³-hybridized carbons (Fsp3) is 0.571. The fourth-order valence-electron chi connectivity index (χ4n) is 3.88. The number of piperazine rings is 1. The van der Waals surface area contributed by atoms with Gasteiger partial charge >= 0.3 is 0 Å². The summed E-state index contributed by atoms with van der Waals surface area (Å²) in [5, 5.41) is 1.04. The van der Waals surface area contributed by atoms with Gasteiger partial charge in [-0.3, -0.25) is 19.1 Å². The zero-order valence-electron chi connectivity index (χ0n) is 17.6. The second-order valence-corrected chi connectivity index (χ2v) is 9.24. The van der Waals surface area contributed by atoms with Crippen LogP contribution < -0.4 is 5.56 Å². The van der Waals surface area contributed by atoms with Crippen LogP contribution in [-0.2, 0) is 11.8 Å². The van der Waals surface area contributed by atoms with E-state index in [0.717, 1.165) is 0 Å². The number of nitrogens with zero attached hydrogens (tertiary/aromatic N) is 4. The van der Waals surface area contributed by atoms with Crippen LogP contribution in [0.15, 0.2) is 23.0 Å². The lowest BCUT2D eigenvalue weighted by Crippen LogP contribution is -2.57. The molecule has 1 aromatic carbocycles. The number of amides is 1. The first-order chi connectivity index (χ1) is 13.6. The van der Waals surface area contributed by atoms with Crippen molar-refractivity contribution in [1.82, 2.24) is 19.4 Å². The molecular formula is C21H28Cl2N4O2. The van der Waals surface area contributed by atoms with Crippen molar-refractivity contribution in [3.05, 3.63) is 39.4 Å². The minimum absolute atomic E-state index is 0.0532. The normalized spacial score (nSPS) is 19.6.